The highest BCUT2D eigenvalue weighted by Gasteiger charge is 2.55. The number of urea groups is 1. The summed E-state index contributed by atoms with van der Waals surface area (Å²) in [5.74, 6) is 1.90. The Bertz CT molecular complexity index is 1700. The number of likely N-dealkylation sites (tertiary alicyclic amines) is 2. The fourth-order valence-electron chi connectivity index (χ4n) is 8.39. The van der Waals surface area contributed by atoms with E-state index in [1.807, 2.05) is 29.4 Å². The molecule has 3 aliphatic heterocycles. The van der Waals surface area contributed by atoms with Crippen molar-refractivity contribution in [2.45, 2.75) is 90.8 Å². The largest absolute Gasteiger partial charge is 0.507 e. The van der Waals surface area contributed by atoms with Gasteiger partial charge in [-0.3, -0.25) is 0 Å². The molecule has 2 atom stereocenters. The number of amides is 2. The summed E-state index contributed by atoms with van der Waals surface area (Å²) in [5.41, 5.74) is 18.6. The molecule has 49 heavy (non-hydrogen) atoms. The molecule has 1 aliphatic carbocycles. The van der Waals surface area contributed by atoms with Crippen LogP contribution in [0.25, 0.3) is 11.8 Å². The second-order valence-corrected chi connectivity index (χ2v) is 16.2. The molecule has 2 saturated heterocycles. The molecule has 0 radical (unpaired) electrons. The zero-order chi connectivity index (χ0) is 34.7. The van der Waals surface area contributed by atoms with Crippen LogP contribution in [0.3, 0.4) is 0 Å². The zero-order valence-electron chi connectivity index (χ0n) is 29.7. The molecular weight excluding hydrogens is 614 g/mol. The van der Waals surface area contributed by atoms with Crippen molar-refractivity contribution in [2.24, 2.45) is 16.6 Å². The number of nitrogens with one attached hydrogen (secondary N) is 2. The number of aromatic amines is 1. The highest BCUT2D eigenvalue weighted by atomic mass is 16.3. The van der Waals surface area contributed by atoms with Crippen LogP contribution in [0, 0.1) is 10.8 Å². The lowest BCUT2D eigenvalue weighted by Crippen LogP contribution is -2.69. The number of piperidine rings is 1. The number of H-pyrrole nitrogens is 1. The SMILES string of the molecule is CC1c2c([nH]c(N)c2/C=C(\N)c2ccccc2O)CCN1c1ncc(C2CCN(C3CC4(C3)CN(C(=O)NC(C)C(C)(C)C)C4)CC2)cn1. The quantitative estimate of drug-likeness (QED) is 0.232. The summed E-state index contributed by atoms with van der Waals surface area (Å²) < 4.78 is 0. The molecule has 7 N–H and O–H groups in total. The molecule has 3 aromatic rings. The molecule has 2 unspecified atom stereocenters. The van der Waals surface area contributed by atoms with Gasteiger partial charge in [0.25, 0.3) is 0 Å². The number of hydrogen-bond acceptors (Lipinski definition) is 8. The van der Waals surface area contributed by atoms with Crippen molar-refractivity contribution in [3.8, 4) is 5.75 Å². The molecule has 2 amide bonds. The highest BCUT2D eigenvalue weighted by molar-refractivity contribution is 5.86. The molecule has 2 aromatic heterocycles. The third kappa shape index (κ3) is 6.33. The van der Waals surface area contributed by atoms with Crippen molar-refractivity contribution in [2.75, 3.05) is 43.4 Å². The van der Waals surface area contributed by atoms with E-state index in [2.05, 4.69) is 54.7 Å². The third-order valence-corrected chi connectivity index (χ3v) is 11.9. The standard InChI is InChI=1S/C38H53N9O2/c1-23-33-29(16-30(39)28-8-6-7-9-32(28)48)34(40)44-31(33)12-15-47(23)35-41-19-26(20-42-35)25-10-13-45(14-11-25)27-17-38(18-27)21-46(22-38)36(49)43-24(2)37(3,4)5/h6-9,16,19-20,23-25,27,44,48H,10-15,17-18,21-22,39-40H2,1-5H3,(H,43,49)/b30-16-. The number of rotatable bonds is 6. The van der Waals surface area contributed by atoms with Crippen molar-refractivity contribution in [1.82, 2.24) is 30.1 Å². The molecule has 4 aliphatic rings. The highest BCUT2D eigenvalue weighted by Crippen LogP contribution is 2.51. The number of phenolic OH excluding ortho intramolecular Hbond substituents is 1. The first-order valence-corrected chi connectivity index (χ1v) is 18.0. The fraction of sp³-hybridized carbons (Fsp3) is 0.553. The molecule has 7 rings (SSSR count). The number of nitrogen functional groups attached to an aromatic ring is 1. The topological polar surface area (TPSA) is 153 Å². The number of aromatic nitrogens is 3. The van der Waals surface area contributed by atoms with Crippen LogP contribution in [0.2, 0.25) is 0 Å². The molecule has 5 heterocycles. The maximum atomic E-state index is 12.7. The Labute approximate surface area is 290 Å². The van der Waals surface area contributed by atoms with Gasteiger partial charge in [0.05, 0.1) is 6.04 Å². The van der Waals surface area contributed by atoms with E-state index in [-0.39, 0.29) is 29.3 Å². The van der Waals surface area contributed by atoms with E-state index in [0.717, 1.165) is 74.8 Å². The number of carbonyl (C=O) groups is 1. The number of aromatic hydroxyl groups is 1. The molecule has 11 nitrogen and oxygen atoms in total. The van der Waals surface area contributed by atoms with Crippen LogP contribution >= 0.6 is 0 Å². The molecule has 0 bridgehead atoms. The van der Waals surface area contributed by atoms with Gasteiger partial charge >= 0.3 is 6.03 Å². The van der Waals surface area contributed by atoms with Gasteiger partial charge in [-0.25, -0.2) is 14.8 Å². The van der Waals surface area contributed by atoms with E-state index < -0.39 is 0 Å². The summed E-state index contributed by atoms with van der Waals surface area (Å²) in [4.78, 5) is 32.7. The Kier molecular flexibility index (Phi) is 8.53. The summed E-state index contributed by atoms with van der Waals surface area (Å²) >= 11 is 0. The van der Waals surface area contributed by atoms with E-state index in [9.17, 15) is 9.90 Å². The number of hydrogen-bond donors (Lipinski definition) is 5. The molecular formula is C38H53N9O2. The molecule has 1 spiro atoms. The van der Waals surface area contributed by atoms with Crippen molar-refractivity contribution >= 4 is 29.6 Å². The maximum Gasteiger partial charge on any atom is 0.317 e. The number of benzene rings is 1. The van der Waals surface area contributed by atoms with E-state index in [1.165, 1.54) is 18.4 Å². The lowest BCUT2D eigenvalue weighted by Gasteiger charge is -2.61. The second-order valence-electron chi connectivity index (χ2n) is 16.2. The van der Waals surface area contributed by atoms with Gasteiger partial charge in [0.1, 0.15) is 11.6 Å². The lowest BCUT2D eigenvalue weighted by molar-refractivity contribution is -0.0937. The van der Waals surface area contributed by atoms with E-state index in [4.69, 9.17) is 21.4 Å². The van der Waals surface area contributed by atoms with Crippen LogP contribution in [-0.2, 0) is 6.42 Å². The van der Waals surface area contributed by atoms with Gasteiger partial charge in [-0.1, -0.05) is 32.9 Å². The smallest absolute Gasteiger partial charge is 0.317 e. The fourth-order valence-corrected chi connectivity index (χ4v) is 8.39. The van der Waals surface area contributed by atoms with Gasteiger partial charge in [-0.05, 0) is 87.7 Å². The zero-order valence-corrected chi connectivity index (χ0v) is 29.7. The van der Waals surface area contributed by atoms with Crippen LogP contribution in [0.4, 0.5) is 16.6 Å². The van der Waals surface area contributed by atoms with Gasteiger partial charge in [0.2, 0.25) is 5.95 Å². The average Bonchev–Trinajstić information content (AvgIpc) is 3.35. The normalized spacial score (nSPS) is 22.4. The number of para-hydroxylation sites is 1. The summed E-state index contributed by atoms with van der Waals surface area (Å²) in [6, 6.07) is 7.92. The predicted molar refractivity (Wildman–Crippen MR) is 195 cm³/mol. The monoisotopic (exact) mass is 667 g/mol. The van der Waals surface area contributed by atoms with Crippen molar-refractivity contribution in [3.05, 3.63) is 64.6 Å². The van der Waals surface area contributed by atoms with Crippen molar-refractivity contribution in [3.63, 3.8) is 0 Å². The van der Waals surface area contributed by atoms with Crippen LogP contribution in [0.1, 0.15) is 100 Å². The minimum atomic E-state index is -0.00948. The van der Waals surface area contributed by atoms with Crippen LogP contribution < -0.4 is 21.7 Å². The minimum Gasteiger partial charge on any atom is -0.507 e. The minimum absolute atomic E-state index is 0.00948. The summed E-state index contributed by atoms with van der Waals surface area (Å²) in [6.07, 6.45) is 11.3. The third-order valence-electron chi connectivity index (χ3n) is 11.9. The molecule has 3 fully saturated rings. The Balaban J connectivity index is 0.923. The Morgan fingerprint density at radius 3 is 2.45 bits per heavy atom. The number of phenols is 1. The number of nitrogens with two attached hydrogens (primary N) is 2. The van der Waals surface area contributed by atoms with E-state index in [1.54, 1.807) is 18.2 Å². The molecule has 11 heteroatoms. The van der Waals surface area contributed by atoms with Crippen molar-refractivity contribution in [1.29, 1.82) is 0 Å². The Morgan fingerprint density at radius 1 is 1.12 bits per heavy atom. The summed E-state index contributed by atoms with van der Waals surface area (Å²) in [6.45, 7) is 15.5. The van der Waals surface area contributed by atoms with Gasteiger partial charge < -0.3 is 41.6 Å². The van der Waals surface area contributed by atoms with E-state index in [0.29, 0.717) is 34.5 Å². The second kappa shape index (κ2) is 12.6. The van der Waals surface area contributed by atoms with Gasteiger partial charge in [0.15, 0.2) is 0 Å². The average molecular weight is 668 g/mol. The van der Waals surface area contributed by atoms with Gasteiger partial charge in [-0.2, -0.15) is 0 Å². The number of nitrogens with zero attached hydrogens (tertiary/aromatic N) is 5. The van der Waals surface area contributed by atoms with Gasteiger partial charge in [-0.15, -0.1) is 0 Å². The van der Waals surface area contributed by atoms with Gasteiger partial charge in [0, 0.05) is 84.0 Å². The first-order chi connectivity index (χ1) is 23.3. The first kappa shape index (κ1) is 33.3. The predicted octanol–water partition coefficient (Wildman–Crippen LogP) is 5.46. The van der Waals surface area contributed by atoms with Crippen LogP contribution in [0.15, 0.2) is 36.7 Å². The van der Waals surface area contributed by atoms with Crippen LogP contribution in [-0.4, -0.2) is 80.7 Å². The summed E-state index contributed by atoms with van der Waals surface area (Å²) in [7, 11) is 0. The Morgan fingerprint density at radius 2 is 1.80 bits per heavy atom. The molecule has 1 aromatic carbocycles. The Hall–Kier alpha value is -4.25. The van der Waals surface area contributed by atoms with Crippen molar-refractivity contribution < 1.29 is 9.90 Å². The molecule has 262 valence electrons. The molecule has 1 saturated carbocycles. The van der Waals surface area contributed by atoms with E-state index >= 15 is 0 Å². The maximum absolute atomic E-state index is 12.7. The number of anilines is 2. The number of carbonyl (C=O) groups excluding carboxylic acids is 1. The summed E-state index contributed by atoms with van der Waals surface area (Å²) in [5, 5.41) is 13.5. The number of fused-ring (bicyclic) bond motifs is 1. The lowest BCUT2D eigenvalue weighted by atomic mass is 9.60. The van der Waals surface area contributed by atoms with Crippen LogP contribution in [0.5, 0.6) is 5.75 Å². The first-order valence-electron chi connectivity index (χ1n) is 18.0.